The van der Waals surface area contributed by atoms with Crippen LogP contribution in [0.5, 0.6) is 5.75 Å². The van der Waals surface area contributed by atoms with Gasteiger partial charge in [-0.2, -0.15) is 0 Å². The van der Waals surface area contributed by atoms with Gasteiger partial charge in [0.25, 0.3) is 0 Å². The van der Waals surface area contributed by atoms with Gasteiger partial charge in [0.1, 0.15) is 5.75 Å². The van der Waals surface area contributed by atoms with Crippen LogP contribution in [-0.2, 0) is 0 Å². The van der Waals surface area contributed by atoms with Crippen molar-refractivity contribution in [1.29, 1.82) is 0 Å². The molecular weight excluding hydrogens is 330 g/mol. The lowest BCUT2D eigenvalue weighted by atomic mass is 10.1. The van der Waals surface area contributed by atoms with Gasteiger partial charge >= 0.3 is 5.84 Å². The summed E-state index contributed by atoms with van der Waals surface area (Å²) in [4.78, 5) is 8.80. The summed E-state index contributed by atoms with van der Waals surface area (Å²) in [5, 5.41) is 16.4. The van der Waals surface area contributed by atoms with Crippen molar-refractivity contribution in [3.8, 4) is 18.1 Å². The Morgan fingerprint density at radius 1 is 1.31 bits per heavy atom. The van der Waals surface area contributed by atoms with E-state index in [0.717, 1.165) is 16.6 Å². The lowest BCUT2D eigenvalue weighted by Gasteiger charge is -2.08. The number of nitrogens with zero attached hydrogens (tertiary/aromatic N) is 4. The summed E-state index contributed by atoms with van der Waals surface area (Å²) in [5.74, 6) is 8.85. The molecular formula is C18H16N7O+. The summed E-state index contributed by atoms with van der Waals surface area (Å²) in [6.07, 6.45) is 7.19. The standard InChI is InChI=1S/C18H15N7O/c1-3-11-8-13-10-21-18(23-15(13)9-16(11)26-2)22-14-6-4-12(5-7-14)17(19)24-25-20/h1,4-10H,2H3,(H3,19,20,24)(H,21,22,23)/p+1. The van der Waals surface area contributed by atoms with Crippen molar-refractivity contribution < 1.29 is 10.1 Å². The minimum atomic E-state index is 0.234. The van der Waals surface area contributed by atoms with Crippen LogP contribution in [0.25, 0.3) is 10.9 Å². The molecule has 0 aliphatic heterocycles. The van der Waals surface area contributed by atoms with E-state index in [1.165, 1.54) is 0 Å². The number of nitrogens with one attached hydrogen (secondary N) is 1. The zero-order valence-corrected chi connectivity index (χ0v) is 14.0. The molecule has 0 radical (unpaired) electrons. The Labute approximate surface area is 149 Å². The highest BCUT2D eigenvalue weighted by atomic mass is 16.5. The second-order valence-electron chi connectivity index (χ2n) is 5.25. The Balaban J connectivity index is 1.87. The molecule has 1 heterocycles. The number of rotatable bonds is 4. The Bertz CT molecular complexity index is 1040. The van der Waals surface area contributed by atoms with Gasteiger partial charge in [-0.1, -0.05) is 5.92 Å². The highest BCUT2D eigenvalue weighted by Gasteiger charge is 2.09. The SMILES string of the molecule is C#Cc1cc2cnc(Nc3ccc(C(=[NH2+])N=NN)cc3)nc2cc1OC. The fourth-order valence-corrected chi connectivity index (χ4v) is 2.37. The molecule has 0 spiro atoms. The van der Waals surface area contributed by atoms with E-state index < -0.39 is 0 Å². The molecule has 2 aromatic carbocycles. The van der Waals surface area contributed by atoms with E-state index in [-0.39, 0.29) is 5.84 Å². The minimum absolute atomic E-state index is 0.234. The van der Waals surface area contributed by atoms with Crippen molar-refractivity contribution in [2.45, 2.75) is 0 Å². The average molecular weight is 346 g/mol. The molecule has 0 aliphatic carbocycles. The van der Waals surface area contributed by atoms with Crippen LogP contribution >= 0.6 is 0 Å². The average Bonchev–Trinajstić information content (AvgIpc) is 2.67. The van der Waals surface area contributed by atoms with Crippen LogP contribution in [0.4, 0.5) is 11.6 Å². The molecule has 0 bridgehead atoms. The van der Waals surface area contributed by atoms with Crippen LogP contribution in [0.15, 0.2) is 52.9 Å². The molecule has 0 atom stereocenters. The Morgan fingerprint density at radius 3 is 2.73 bits per heavy atom. The van der Waals surface area contributed by atoms with Crippen molar-refractivity contribution in [3.05, 3.63) is 53.7 Å². The van der Waals surface area contributed by atoms with Crippen LogP contribution < -0.4 is 21.3 Å². The van der Waals surface area contributed by atoms with Gasteiger partial charge in [0, 0.05) is 28.6 Å². The second kappa shape index (κ2) is 7.27. The summed E-state index contributed by atoms with van der Waals surface area (Å²) < 4.78 is 5.29. The maximum atomic E-state index is 5.73. The van der Waals surface area contributed by atoms with Gasteiger partial charge in [0.2, 0.25) is 5.95 Å². The number of hydrogen-bond donors (Lipinski definition) is 3. The second-order valence-corrected chi connectivity index (χ2v) is 5.25. The van der Waals surface area contributed by atoms with Crippen molar-refractivity contribution in [3.63, 3.8) is 0 Å². The van der Waals surface area contributed by atoms with Gasteiger partial charge in [-0.3, -0.25) is 11.3 Å². The van der Waals surface area contributed by atoms with Crippen LogP contribution in [0, 0.1) is 12.3 Å². The normalized spacial score (nSPS) is 10.6. The summed E-state index contributed by atoms with van der Waals surface area (Å²) in [7, 11) is 1.57. The third kappa shape index (κ3) is 3.42. The van der Waals surface area contributed by atoms with E-state index >= 15 is 0 Å². The fraction of sp³-hybridized carbons (Fsp3) is 0.0556. The first-order chi connectivity index (χ1) is 12.6. The van der Waals surface area contributed by atoms with Gasteiger partial charge in [0.05, 0.1) is 28.9 Å². The Morgan fingerprint density at radius 2 is 2.08 bits per heavy atom. The van der Waals surface area contributed by atoms with E-state index in [4.69, 9.17) is 22.4 Å². The number of anilines is 2. The number of hydrogen-bond acceptors (Lipinski definition) is 5. The minimum Gasteiger partial charge on any atom is -0.495 e. The molecule has 3 aromatic rings. The van der Waals surface area contributed by atoms with E-state index in [9.17, 15) is 0 Å². The van der Waals surface area contributed by atoms with Crippen molar-refractivity contribution >= 4 is 28.4 Å². The Hall–Kier alpha value is -3.99. The highest BCUT2D eigenvalue weighted by Crippen LogP contribution is 2.25. The molecule has 1 aromatic heterocycles. The first-order valence-corrected chi connectivity index (χ1v) is 7.57. The van der Waals surface area contributed by atoms with Gasteiger partial charge in [-0.15, -0.1) is 6.42 Å². The number of fused-ring (bicyclic) bond motifs is 1. The monoisotopic (exact) mass is 346 g/mol. The molecule has 0 fully saturated rings. The number of terminal acetylenes is 1. The smallest absolute Gasteiger partial charge is 0.350 e. The quantitative estimate of drug-likeness (QED) is 0.163. The van der Waals surface area contributed by atoms with E-state index in [0.29, 0.717) is 22.8 Å². The number of benzene rings is 2. The van der Waals surface area contributed by atoms with Gasteiger partial charge < -0.3 is 10.1 Å². The van der Waals surface area contributed by atoms with E-state index in [2.05, 4.69) is 31.5 Å². The largest absolute Gasteiger partial charge is 0.495 e. The third-order valence-corrected chi connectivity index (χ3v) is 3.66. The third-order valence-electron chi connectivity index (χ3n) is 3.66. The molecule has 0 saturated carbocycles. The van der Waals surface area contributed by atoms with Crippen LogP contribution in [-0.4, -0.2) is 22.9 Å². The van der Waals surface area contributed by atoms with Crippen molar-refractivity contribution in [2.24, 2.45) is 16.2 Å². The predicted molar refractivity (Wildman–Crippen MR) is 98.8 cm³/mol. The number of nitrogens with two attached hydrogens (primary N) is 2. The van der Waals surface area contributed by atoms with Crippen molar-refractivity contribution in [2.75, 3.05) is 12.4 Å². The molecule has 0 saturated heterocycles. The maximum Gasteiger partial charge on any atom is 0.350 e. The number of aromatic nitrogens is 2. The van der Waals surface area contributed by atoms with Gasteiger partial charge in [-0.25, -0.2) is 9.97 Å². The highest BCUT2D eigenvalue weighted by molar-refractivity contribution is 5.94. The molecule has 0 unspecified atom stereocenters. The molecule has 5 N–H and O–H groups in total. The molecule has 3 rings (SSSR count). The summed E-state index contributed by atoms with van der Waals surface area (Å²) in [6.45, 7) is 0. The molecule has 0 amide bonds. The summed E-state index contributed by atoms with van der Waals surface area (Å²) in [5.41, 5.74) is 2.87. The zero-order chi connectivity index (χ0) is 18.5. The lowest BCUT2D eigenvalue weighted by Crippen LogP contribution is -2.38. The summed E-state index contributed by atoms with van der Waals surface area (Å²) in [6, 6.07) is 10.8. The van der Waals surface area contributed by atoms with E-state index in [1.807, 2.05) is 18.2 Å². The van der Waals surface area contributed by atoms with Crippen LogP contribution in [0.1, 0.15) is 11.1 Å². The van der Waals surface area contributed by atoms with Crippen LogP contribution in [0.2, 0.25) is 0 Å². The first kappa shape index (κ1) is 16.9. The molecule has 0 aliphatic rings. The molecule has 8 nitrogen and oxygen atoms in total. The van der Waals surface area contributed by atoms with Gasteiger partial charge in [-0.05, 0) is 30.3 Å². The number of amidine groups is 1. The van der Waals surface area contributed by atoms with Crippen molar-refractivity contribution in [1.82, 2.24) is 9.97 Å². The topological polar surface area (TPSA) is 123 Å². The fourth-order valence-electron chi connectivity index (χ4n) is 2.37. The molecule has 128 valence electrons. The lowest BCUT2D eigenvalue weighted by molar-refractivity contribution is -0.114. The summed E-state index contributed by atoms with van der Waals surface area (Å²) >= 11 is 0. The molecule has 26 heavy (non-hydrogen) atoms. The maximum absolute atomic E-state index is 5.73. The van der Waals surface area contributed by atoms with Gasteiger partial charge in [0.15, 0.2) is 0 Å². The first-order valence-electron chi connectivity index (χ1n) is 7.57. The van der Waals surface area contributed by atoms with Crippen LogP contribution in [0.3, 0.4) is 0 Å². The number of ether oxygens (including phenoxy) is 1. The number of methoxy groups -OCH3 is 1. The zero-order valence-electron chi connectivity index (χ0n) is 14.0. The molecule has 8 heteroatoms. The predicted octanol–water partition coefficient (Wildman–Crippen LogP) is 1.19. The Kier molecular flexibility index (Phi) is 4.71. The van der Waals surface area contributed by atoms with E-state index in [1.54, 1.807) is 31.5 Å².